The van der Waals surface area contributed by atoms with Crippen LogP contribution in [0.1, 0.15) is 25.7 Å². The van der Waals surface area contributed by atoms with E-state index in [2.05, 4.69) is 9.24 Å². The summed E-state index contributed by atoms with van der Waals surface area (Å²) < 4.78 is 0. The normalized spacial score (nSPS) is 26.2. The fourth-order valence-corrected chi connectivity index (χ4v) is 1.69. The lowest BCUT2D eigenvalue weighted by Gasteiger charge is -2.19. The predicted molar refractivity (Wildman–Crippen MR) is 40.0 cm³/mol. The number of hydrogen-bond acceptors (Lipinski definition) is 1. The van der Waals surface area contributed by atoms with Crippen LogP contribution in [0.15, 0.2) is 0 Å². The van der Waals surface area contributed by atoms with Gasteiger partial charge in [-0.05, 0) is 18.0 Å². The number of rotatable bonds is 1. The van der Waals surface area contributed by atoms with Gasteiger partial charge >= 0.3 is 0 Å². The lowest BCUT2D eigenvalue weighted by atomic mass is 10.1. The van der Waals surface area contributed by atoms with Crippen LogP contribution in [0, 0.1) is 0 Å². The molecule has 1 aliphatic carbocycles. The van der Waals surface area contributed by atoms with E-state index in [1.54, 1.807) is 0 Å². The average Bonchev–Trinajstić information content (AvgIpc) is 2.17. The molecule has 1 aliphatic rings. The smallest absolute Gasteiger partial charge is 0.00140 e. The van der Waals surface area contributed by atoms with Crippen molar-refractivity contribution in [3.8, 4) is 0 Å². The van der Waals surface area contributed by atoms with Crippen molar-refractivity contribution in [2.75, 3.05) is 6.54 Å². The third kappa shape index (κ3) is 1.21. The second-order valence-corrected chi connectivity index (χ2v) is 4.00. The minimum atomic E-state index is 0.431. The van der Waals surface area contributed by atoms with Gasteiger partial charge in [0.1, 0.15) is 0 Å². The summed E-state index contributed by atoms with van der Waals surface area (Å²) in [7, 11) is 2.88. The highest BCUT2D eigenvalue weighted by atomic mass is 31.0. The highest BCUT2D eigenvalue weighted by Gasteiger charge is 2.26. The Hall–Kier alpha value is 0.390. The molecule has 0 amide bonds. The van der Waals surface area contributed by atoms with Crippen molar-refractivity contribution in [3.05, 3.63) is 0 Å². The third-order valence-electron chi connectivity index (χ3n) is 2.01. The Morgan fingerprint density at radius 3 is 2.12 bits per heavy atom. The van der Waals surface area contributed by atoms with Crippen LogP contribution in [0.4, 0.5) is 0 Å². The third-order valence-corrected chi connectivity index (χ3v) is 2.82. The maximum Gasteiger partial charge on any atom is 0.00140 e. The summed E-state index contributed by atoms with van der Waals surface area (Å²) in [5.74, 6) is 0. The highest BCUT2D eigenvalue weighted by Crippen LogP contribution is 2.36. The summed E-state index contributed by atoms with van der Waals surface area (Å²) >= 11 is 0. The van der Waals surface area contributed by atoms with Gasteiger partial charge in [0.2, 0.25) is 0 Å². The summed E-state index contributed by atoms with van der Waals surface area (Å²) in [5.41, 5.74) is 5.55. The Labute approximate surface area is 53.2 Å². The quantitative estimate of drug-likeness (QED) is 0.530. The molecule has 0 bridgehead atoms. The van der Waals surface area contributed by atoms with E-state index in [1.807, 2.05) is 0 Å². The molecule has 0 spiro atoms. The van der Waals surface area contributed by atoms with E-state index < -0.39 is 0 Å². The van der Waals surface area contributed by atoms with E-state index in [1.165, 1.54) is 25.7 Å². The highest BCUT2D eigenvalue weighted by molar-refractivity contribution is 7.19. The molecular weight excluding hydrogens is 117 g/mol. The molecule has 1 fully saturated rings. The van der Waals surface area contributed by atoms with Crippen molar-refractivity contribution in [1.29, 1.82) is 0 Å². The van der Waals surface area contributed by atoms with E-state index in [0.717, 1.165) is 6.54 Å². The lowest BCUT2D eigenvalue weighted by molar-refractivity contribution is 0.619. The second-order valence-electron chi connectivity index (χ2n) is 2.77. The number of hydrogen-bond donors (Lipinski definition) is 1. The lowest BCUT2D eigenvalue weighted by Crippen LogP contribution is -2.26. The van der Waals surface area contributed by atoms with Gasteiger partial charge in [-0.2, -0.15) is 0 Å². The fourth-order valence-electron chi connectivity index (χ4n) is 1.28. The summed E-state index contributed by atoms with van der Waals surface area (Å²) in [6, 6.07) is 0. The molecule has 0 aromatic carbocycles. The molecule has 0 aromatic heterocycles. The van der Waals surface area contributed by atoms with E-state index in [0.29, 0.717) is 5.16 Å². The van der Waals surface area contributed by atoms with Crippen LogP contribution in [-0.4, -0.2) is 11.7 Å². The van der Waals surface area contributed by atoms with Crippen LogP contribution in [0.3, 0.4) is 0 Å². The summed E-state index contributed by atoms with van der Waals surface area (Å²) in [4.78, 5) is 0. The molecular formula is C6H14NP. The second kappa shape index (κ2) is 2.33. The van der Waals surface area contributed by atoms with Gasteiger partial charge in [-0.15, -0.1) is 9.24 Å². The van der Waals surface area contributed by atoms with Crippen molar-refractivity contribution in [3.63, 3.8) is 0 Å². The Morgan fingerprint density at radius 2 is 1.88 bits per heavy atom. The Kier molecular flexibility index (Phi) is 1.89. The summed E-state index contributed by atoms with van der Waals surface area (Å²) in [6.07, 6.45) is 5.38. The molecule has 0 aromatic rings. The van der Waals surface area contributed by atoms with Crippen molar-refractivity contribution in [2.45, 2.75) is 30.8 Å². The first kappa shape index (κ1) is 6.51. The molecule has 48 valence electrons. The molecule has 2 heteroatoms. The molecule has 1 rings (SSSR count). The first-order valence-corrected chi connectivity index (χ1v) is 3.83. The van der Waals surface area contributed by atoms with E-state index in [4.69, 9.17) is 5.73 Å². The zero-order valence-corrected chi connectivity index (χ0v) is 6.34. The van der Waals surface area contributed by atoms with Gasteiger partial charge < -0.3 is 5.73 Å². The minimum Gasteiger partial charge on any atom is -0.330 e. The first-order chi connectivity index (χ1) is 3.77. The maximum absolute atomic E-state index is 5.55. The average molecular weight is 131 g/mol. The van der Waals surface area contributed by atoms with Crippen molar-refractivity contribution >= 4 is 9.24 Å². The van der Waals surface area contributed by atoms with Crippen LogP contribution < -0.4 is 5.73 Å². The standard InChI is InChI=1S/C6H14NP/c7-5-6(8)3-1-2-4-6/h1-5,7-8H2. The van der Waals surface area contributed by atoms with Crippen molar-refractivity contribution in [2.24, 2.45) is 5.73 Å². The van der Waals surface area contributed by atoms with Gasteiger partial charge in [-0.3, -0.25) is 0 Å². The van der Waals surface area contributed by atoms with Crippen LogP contribution >= 0.6 is 9.24 Å². The van der Waals surface area contributed by atoms with Gasteiger partial charge in [0.25, 0.3) is 0 Å². The van der Waals surface area contributed by atoms with Crippen molar-refractivity contribution < 1.29 is 0 Å². The van der Waals surface area contributed by atoms with Gasteiger partial charge in [-0.25, -0.2) is 0 Å². The molecule has 2 N–H and O–H groups in total. The van der Waals surface area contributed by atoms with Gasteiger partial charge in [0.15, 0.2) is 0 Å². The molecule has 0 saturated heterocycles. The zero-order valence-electron chi connectivity index (χ0n) is 5.19. The largest absolute Gasteiger partial charge is 0.330 e. The molecule has 1 nitrogen and oxygen atoms in total. The Balaban J connectivity index is 2.40. The fraction of sp³-hybridized carbons (Fsp3) is 1.00. The molecule has 0 radical (unpaired) electrons. The predicted octanol–water partition coefficient (Wildman–Crippen LogP) is 1.13. The molecule has 8 heavy (non-hydrogen) atoms. The monoisotopic (exact) mass is 131 g/mol. The van der Waals surface area contributed by atoms with Crippen LogP contribution in [0.2, 0.25) is 0 Å². The van der Waals surface area contributed by atoms with E-state index in [-0.39, 0.29) is 0 Å². The summed E-state index contributed by atoms with van der Waals surface area (Å²) in [6.45, 7) is 0.845. The number of nitrogens with two attached hydrogens (primary N) is 1. The van der Waals surface area contributed by atoms with Crippen molar-refractivity contribution in [1.82, 2.24) is 0 Å². The summed E-state index contributed by atoms with van der Waals surface area (Å²) in [5, 5.41) is 0.431. The topological polar surface area (TPSA) is 26.0 Å². The van der Waals surface area contributed by atoms with Crippen LogP contribution in [0.5, 0.6) is 0 Å². The van der Waals surface area contributed by atoms with Gasteiger partial charge in [0.05, 0.1) is 0 Å². The Bertz CT molecular complexity index is 76.6. The van der Waals surface area contributed by atoms with Gasteiger partial charge in [-0.1, -0.05) is 12.8 Å². The Morgan fingerprint density at radius 1 is 1.38 bits per heavy atom. The van der Waals surface area contributed by atoms with E-state index >= 15 is 0 Å². The zero-order chi connectivity index (χ0) is 6.04. The molecule has 0 heterocycles. The van der Waals surface area contributed by atoms with Crippen LogP contribution in [-0.2, 0) is 0 Å². The molecule has 1 unspecified atom stereocenters. The van der Waals surface area contributed by atoms with E-state index in [9.17, 15) is 0 Å². The van der Waals surface area contributed by atoms with Crippen LogP contribution in [0.25, 0.3) is 0 Å². The molecule has 1 saturated carbocycles. The van der Waals surface area contributed by atoms with Gasteiger partial charge in [0, 0.05) is 6.54 Å². The first-order valence-electron chi connectivity index (χ1n) is 3.26. The minimum absolute atomic E-state index is 0.431. The molecule has 0 aliphatic heterocycles. The molecule has 1 atom stereocenters. The maximum atomic E-state index is 5.55. The SMILES string of the molecule is NCC1(P)CCCC1.